The highest BCUT2D eigenvalue weighted by Gasteiger charge is 2.35. The lowest BCUT2D eigenvalue weighted by molar-refractivity contribution is -0.485. The zero-order chi connectivity index (χ0) is 28.4. The fraction of sp³-hybridized carbons (Fsp3) is 0.250. The largest absolute Gasteiger partial charge is 0.497 e. The molecule has 11 nitrogen and oxygen atoms in total. The normalized spacial score (nSPS) is 12.9. The van der Waals surface area contributed by atoms with Crippen LogP contribution in [-0.4, -0.2) is 46.8 Å². The Balaban J connectivity index is 2.04. The highest BCUT2D eigenvalue weighted by molar-refractivity contribution is 5.92. The molecule has 39 heavy (non-hydrogen) atoms. The van der Waals surface area contributed by atoms with Crippen molar-refractivity contribution in [3.63, 3.8) is 0 Å². The minimum Gasteiger partial charge on any atom is -0.497 e. The van der Waals surface area contributed by atoms with Gasteiger partial charge in [-0.3, -0.25) is 9.59 Å². The van der Waals surface area contributed by atoms with Crippen LogP contribution in [-0.2, 0) is 16.1 Å². The highest BCUT2D eigenvalue weighted by atomic mass is 16.7. The third kappa shape index (κ3) is 7.86. The number of amidine groups is 1. The van der Waals surface area contributed by atoms with E-state index in [2.05, 4.69) is 5.10 Å². The van der Waals surface area contributed by atoms with Crippen molar-refractivity contribution in [2.45, 2.75) is 37.4 Å². The summed E-state index contributed by atoms with van der Waals surface area (Å²) in [5, 5.41) is 12.8. The van der Waals surface area contributed by atoms with E-state index in [0.29, 0.717) is 11.3 Å². The van der Waals surface area contributed by atoms with E-state index in [-0.39, 0.29) is 31.1 Å². The van der Waals surface area contributed by atoms with Crippen molar-refractivity contribution in [2.75, 3.05) is 7.11 Å². The fourth-order valence-electron chi connectivity index (χ4n) is 4.35. The number of hydrogen-bond donors (Lipinski definition) is 3. The zero-order valence-electron chi connectivity index (χ0n) is 21.6. The predicted molar refractivity (Wildman–Crippen MR) is 147 cm³/mol. The van der Waals surface area contributed by atoms with Crippen molar-refractivity contribution in [2.24, 2.45) is 22.3 Å². The maximum absolute atomic E-state index is 14.4. The van der Waals surface area contributed by atoms with Gasteiger partial charge in [-0.05, 0) is 41.7 Å². The maximum atomic E-state index is 14.4. The van der Waals surface area contributed by atoms with Crippen LogP contribution in [0.25, 0.3) is 0 Å². The smallest absolute Gasteiger partial charge is 0.240 e. The van der Waals surface area contributed by atoms with Gasteiger partial charge in [0, 0.05) is 6.54 Å². The minimum absolute atomic E-state index is 0.0104. The van der Waals surface area contributed by atoms with Crippen LogP contribution in [0.1, 0.15) is 35.4 Å². The van der Waals surface area contributed by atoms with Gasteiger partial charge in [-0.25, -0.2) is 10.1 Å². The average Bonchev–Trinajstić information content (AvgIpc) is 2.93. The second-order valence-corrected chi connectivity index (χ2v) is 8.94. The van der Waals surface area contributed by atoms with Gasteiger partial charge in [0.25, 0.3) is 0 Å². The van der Waals surface area contributed by atoms with Gasteiger partial charge in [0.15, 0.2) is 10.9 Å². The number of ether oxygens (including phenoxy) is 1. The molecule has 204 valence electrons. The van der Waals surface area contributed by atoms with Gasteiger partial charge in [0.1, 0.15) is 11.8 Å². The van der Waals surface area contributed by atoms with Gasteiger partial charge in [0.05, 0.1) is 24.2 Å². The fourth-order valence-corrected chi connectivity index (χ4v) is 4.35. The molecule has 0 radical (unpaired) electrons. The molecular formula is C28H32N6O5. The van der Waals surface area contributed by atoms with Crippen LogP contribution < -0.4 is 21.9 Å². The van der Waals surface area contributed by atoms with Crippen LogP contribution in [0.5, 0.6) is 5.75 Å². The van der Waals surface area contributed by atoms with Crippen LogP contribution in [0.2, 0.25) is 0 Å². The molecule has 0 saturated heterocycles. The lowest BCUT2D eigenvalue weighted by Crippen LogP contribution is -2.50. The molecule has 0 heterocycles. The third-order valence-corrected chi connectivity index (χ3v) is 6.32. The van der Waals surface area contributed by atoms with Crippen molar-refractivity contribution in [3.05, 3.63) is 112 Å². The van der Waals surface area contributed by atoms with Crippen LogP contribution in [0, 0.1) is 10.1 Å². The Morgan fingerprint density at radius 3 is 2.05 bits per heavy atom. The van der Waals surface area contributed by atoms with Crippen LogP contribution in [0.4, 0.5) is 0 Å². The topological polar surface area (TPSA) is 180 Å². The van der Waals surface area contributed by atoms with E-state index in [9.17, 15) is 19.7 Å². The molecule has 0 aliphatic carbocycles. The molecule has 0 fully saturated rings. The summed E-state index contributed by atoms with van der Waals surface area (Å²) < 4.78 is 5.33. The van der Waals surface area contributed by atoms with Crippen LogP contribution >= 0.6 is 0 Å². The Bertz CT molecular complexity index is 1260. The van der Waals surface area contributed by atoms with E-state index >= 15 is 0 Å². The van der Waals surface area contributed by atoms with Crippen LogP contribution in [0.15, 0.2) is 90.0 Å². The van der Waals surface area contributed by atoms with Gasteiger partial charge >= 0.3 is 0 Å². The van der Waals surface area contributed by atoms with E-state index in [1.807, 2.05) is 66.7 Å². The first-order chi connectivity index (χ1) is 18.7. The summed E-state index contributed by atoms with van der Waals surface area (Å²) in [5.74, 6) is -1.62. The summed E-state index contributed by atoms with van der Waals surface area (Å²) in [6, 6.07) is 23.5. The van der Waals surface area contributed by atoms with Gasteiger partial charge in [-0.2, -0.15) is 0 Å². The monoisotopic (exact) mass is 532 g/mol. The number of nitrogens with zero attached hydrogens (tertiary/aromatic N) is 3. The third-order valence-electron chi connectivity index (χ3n) is 6.32. The summed E-state index contributed by atoms with van der Waals surface area (Å²) >= 11 is 0. The summed E-state index contributed by atoms with van der Waals surface area (Å²) in [4.78, 5) is 39.3. The molecule has 3 aromatic rings. The lowest BCUT2D eigenvalue weighted by atomic mass is 9.89. The molecule has 3 aromatic carbocycles. The number of hydrogen-bond acceptors (Lipinski definition) is 6. The number of hydrazone groups is 1. The van der Waals surface area contributed by atoms with E-state index in [4.69, 9.17) is 21.9 Å². The molecule has 2 atom stereocenters. The highest BCUT2D eigenvalue weighted by Crippen LogP contribution is 2.30. The van der Waals surface area contributed by atoms with E-state index in [1.54, 1.807) is 18.2 Å². The number of benzene rings is 3. The molecule has 0 aromatic heterocycles. The molecule has 1 unspecified atom stereocenters. The quantitative estimate of drug-likeness (QED) is 0.131. The molecule has 0 saturated carbocycles. The average molecular weight is 533 g/mol. The zero-order valence-corrected chi connectivity index (χ0v) is 21.6. The molecule has 0 aliphatic heterocycles. The number of nitro groups is 1. The summed E-state index contributed by atoms with van der Waals surface area (Å²) in [5.41, 5.74) is 19.7. The number of carbonyl (C=O) groups excluding carboxylic acids is 2. The van der Waals surface area contributed by atoms with Gasteiger partial charge in [-0.1, -0.05) is 72.8 Å². The van der Waals surface area contributed by atoms with E-state index < -0.39 is 28.9 Å². The van der Waals surface area contributed by atoms with Crippen molar-refractivity contribution >= 4 is 17.6 Å². The Kier molecular flexibility index (Phi) is 10.1. The molecule has 0 spiro atoms. The molecule has 3 rings (SSSR count). The number of primary amides is 1. The lowest BCUT2D eigenvalue weighted by Gasteiger charge is -2.34. The predicted octanol–water partition coefficient (Wildman–Crippen LogP) is 2.37. The first kappa shape index (κ1) is 28.8. The molecule has 0 aliphatic rings. The molecule has 0 bridgehead atoms. The number of amides is 2. The van der Waals surface area contributed by atoms with Crippen LogP contribution in [0.3, 0.4) is 0 Å². The van der Waals surface area contributed by atoms with Crippen molar-refractivity contribution in [3.8, 4) is 5.75 Å². The second kappa shape index (κ2) is 13.7. The standard InChI is InChI=1S/C28H32N6O5/c1-39-22-14-8-9-19(17-22)18-33(24(27(31)35)16-15-23(29)26(30)32-34(37)38)28(36)25(20-10-4-2-5-11-20)21-12-6-3-7-13-21/h2-14,17,23-25H,15-16,18,29H2,1H3,(H2,30,32)(H2,31,35)/t23?,24-/m0/s1. The SMILES string of the molecule is COc1cccc(CN(C(=O)C(c2ccccc2)c2ccccc2)[C@@H](CCC(N)C(N)=N[N+](=O)[O-])C(N)=O)c1. The number of methoxy groups -OCH3 is 1. The Morgan fingerprint density at radius 1 is 0.949 bits per heavy atom. The van der Waals surface area contributed by atoms with Crippen molar-refractivity contribution in [1.82, 2.24) is 4.90 Å². The molecule has 6 N–H and O–H groups in total. The Hall–Kier alpha value is -4.77. The summed E-state index contributed by atoms with van der Waals surface area (Å²) in [6.45, 7) is 0.0491. The molecule has 11 heteroatoms. The summed E-state index contributed by atoms with van der Waals surface area (Å²) in [7, 11) is 1.54. The van der Waals surface area contributed by atoms with E-state index in [0.717, 1.165) is 11.1 Å². The van der Waals surface area contributed by atoms with Gasteiger partial charge < -0.3 is 26.8 Å². The first-order valence-electron chi connectivity index (χ1n) is 12.3. The summed E-state index contributed by atoms with van der Waals surface area (Å²) in [6.07, 6.45) is 0.0381. The second-order valence-electron chi connectivity index (χ2n) is 8.94. The number of nitrogens with two attached hydrogens (primary N) is 3. The molecular weight excluding hydrogens is 500 g/mol. The Morgan fingerprint density at radius 2 is 1.54 bits per heavy atom. The maximum Gasteiger partial charge on any atom is 0.240 e. The van der Waals surface area contributed by atoms with E-state index in [1.165, 1.54) is 12.0 Å². The first-order valence-corrected chi connectivity index (χ1v) is 12.3. The Labute approximate surface area is 226 Å². The minimum atomic E-state index is -1.09. The molecule has 2 amide bonds. The van der Waals surface area contributed by atoms with Crippen molar-refractivity contribution in [1.29, 1.82) is 0 Å². The van der Waals surface area contributed by atoms with Gasteiger partial charge in [0.2, 0.25) is 11.8 Å². The van der Waals surface area contributed by atoms with Gasteiger partial charge in [-0.15, -0.1) is 0 Å². The van der Waals surface area contributed by atoms with Crippen molar-refractivity contribution < 1.29 is 19.4 Å². The number of carbonyl (C=O) groups is 2. The number of rotatable bonds is 13.